The van der Waals surface area contributed by atoms with Crippen molar-refractivity contribution in [3.05, 3.63) is 34.9 Å². The Kier molecular flexibility index (Phi) is 3.74. The molecular weight excluding hydrogens is 272 g/mol. The summed E-state index contributed by atoms with van der Waals surface area (Å²) in [5.74, 6) is 0.422. The highest BCUT2D eigenvalue weighted by Crippen LogP contribution is 2.58. The van der Waals surface area contributed by atoms with Gasteiger partial charge in [-0.15, -0.1) is 0 Å². The maximum atomic E-state index is 12.4. The summed E-state index contributed by atoms with van der Waals surface area (Å²) in [5.41, 5.74) is 1.36. The van der Waals surface area contributed by atoms with Crippen LogP contribution in [0.1, 0.15) is 37.8 Å². The molecule has 1 aromatic carbocycles. The molecule has 108 valence electrons. The molecule has 1 amide bonds. The minimum Gasteiger partial charge on any atom is -0.349 e. The number of benzene rings is 1. The normalized spacial score (nSPS) is 25.2. The van der Waals surface area contributed by atoms with Crippen molar-refractivity contribution < 1.29 is 4.79 Å². The van der Waals surface area contributed by atoms with Crippen molar-refractivity contribution in [1.82, 2.24) is 10.6 Å². The first-order chi connectivity index (χ1) is 9.61. The van der Waals surface area contributed by atoms with E-state index in [9.17, 15) is 4.79 Å². The molecule has 1 spiro atoms. The Hall–Kier alpha value is -1.06. The van der Waals surface area contributed by atoms with Crippen molar-refractivity contribution >= 4 is 17.5 Å². The van der Waals surface area contributed by atoms with Crippen LogP contribution in [0.5, 0.6) is 0 Å². The fourth-order valence-corrected chi connectivity index (χ4v) is 3.57. The van der Waals surface area contributed by atoms with Gasteiger partial charge in [-0.1, -0.05) is 23.7 Å². The molecule has 2 aliphatic rings. The highest BCUT2D eigenvalue weighted by Gasteiger charge is 2.57. The van der Waals surface area contributed by atoms with Gasteiger partial charge in [0.15, 0.2) is 0 Å². The van der Waals surface area contributed by atoms with Crippen LogP contribution in [0.4, 0.5) is 0 Å². The van der Waals surface area contributed by atoms with E-state index in [-0.39, 0.29) is 17.9 Å². The van der Waals surface area contributed by atoms with Crippen LogP contribution in [0.25, 0.3) is 0 Å². The molecule has 1 saturated carbocycles. The number of amides is 1. The predicted octanol–water partition coefficient (Wildman–Crippen LogP) is 2.91. The lowest BCUT2D eigenvalue weighted by Gasteiger charge is -2.23. The van der Waals surface area contributed by atoms with Crippen molar-refractivity contribution in [2.24, 2.45) is 11.3 Å². The van der Waals surface area contributed by atoms with Crippen LogP contribution in [-0.2, 0) is 4.79 Å². The standard InChI is InChI=1S/C16H21ClN2O/c1-11(12-3-2-4-13(17)9-12)19-15(20)14-10-16(14)5-7-18-8-6-16/h2-4,9,11,14,18H,5-8,10H2,1H3,(H,19,20)/t11-,14?/m1/s1. The third-order valence-corrected chi connectivity index (χ3v) is 5.05. The van der Waals surface area contributed by atoms with Gasteiger partial charge in [0.2, 0.25) is 5.91 Å². The van der Waals surface area contributed by atoms with Gasteiger partial charge in [-0.25, -0.2) is 0 Å². The van der Waals surface area contributed by atoms with Gasteiger partial charge in [-0.2, -0.15) is 0 Å². The van der Waals surface area contributed by atoms with Crippen LogP contribution < -0.4 is 10.6 Å². The minimum atomic E-state index is 0.0144. The lowest BCUT2D eigenvalue weighted by Crippen LogP contribution is -2.34. The third kappa shape index (κ3) is 2.70. The second-order valence-electron chi connectivity index (χ2n) is 6.15. The van der Waals surface area contributed by atoms with E-state index < -0.39 is 0 Å². The van der Waals surface area contributed by atoms with Crippen LogP contribution in [0.2, 0.25) is 5.02 Å². The van der Waals surface area contributed by atoms with Gasteiger partial charge >= 0.3 is 0 Å². The Morgan fingerprint density at radius 3 is 2.90 bits per heavy atom. The molecule has 1 saturated heterocycles. The van der Waals surface area contributed by atoms with Crippen molar-refractivity contribution in [1.29, 1.82) is 0 Å². The quantitative estimate of drug-likeness (QED) is 0.899. The molecule has 4 heteroatoms. The zero-order chi connectivity index (χ0) is 14.2. The van der Waals surface area contributed by atoms with Gasteiger partial charge < -0.3 is 10.6 Å². The summed E-state index contributed by atoms with van der Waals surface area (Å²) in [6, 6.07) is 7.71. The lowest BCUT2D eigenvalue weighted by molar-refractivity contribution is -0.123. The largest absolute Gasteiger partial charge is 0.349 e. The monoisotopic (exact) mass is 292 g/mol. The Balaban J connectivity index is 1.60. The number of hydrogen-bond donors (Lipinski definition) is 2. The molecule has 1 aliphatic carbocycles. The Bertz CT molecular complexity index is 511. The highest BCUT2D eigenvalue weighted by atomic mass is 35.5. The Morgan fingerprint density at radius 2 is 2.20 bits per heavy atom. The van der Waals surface area contributed by atoms with Crippen LogP contribution in [-0.4, -0.2) is 19.0 Å². The molecule has 1 aromatic rings. The first kappa shape index (κ1) is 13.9. The van der Waals surface area contributed by atoms with Gasteiger partial charge in [0, 0.05) is 10.9 Å². The molecule has 3 rings (SSSR count). The van der Waals surface area contributed by atoms with Gasteiger partial charge in [0.05, 0.1) is 6.04 Å². The Morgan fingerprint density at radius 1 is 1.45 bits per heavy atom. The molecule has 1 unspecified atom stereocenters. The van der Waals surface area contributed by atoms with E-state index in [0.29, 0.717) is 10.4 Å². The molecule has 20 heavy (non-hydrogen) atoms. The number of rotatable bonds is 3. The molecule has 2 N–H and O–H groups in total. The number of hydrogen-bond acceptors (Lipinski definition) is 2. The van der Waals surface area contributed by atoms with Crippen molar-refractivity contribution in [2.75, 3.05) is 13.1 Å². The van der Waals surface area contributed by atoms with Gasteiger partial charge in [-0.05, 0) is 62.4 Å². The topological polar surface area (TPSA) is 41.1 Å². The summed E-state index contributed by atoms with van der Waals surface area (Å²) < 4.78 is 0. The van der Waals surface area contributed by atoms with Gasteiger partial charge in [0.25, 0.3) is 0 Å². The van der Waals surface area contributed by atoms with Gasteiger partial charge in [-0.3, -0.25) is 4.79 Å². The first-order valence-electron chi connectivity index (χ1n) is 7.37. The minimum absolute atomic E-state index is 0.0144. The summed E-state index contributed by atoms with van der Waals surface area (Å²) in [4.78, 5) is 12.4. The summed E-state index contributed by atoms with van der Waals surface area (Å²) in [7, 11) is 0. The van der Waals surface area contributed by atoms with Gasteiger partial charge in [0.1, 0.15) is 0 Å². The van der Waals surface area contributed by atoms with E-state index in [1.165, 1.54) is 0 Å². The molecule has 0 radical (unpaired) electrons. The SMILES string of the molecule is C[C@@H](NC(=O)C1CC12CCNCC2)c1cccc(Cl)c1. The predicted molar refractivity (Wildman–Crippen MR) is 80.7 cm³/mol. The molecule has 3 nitrogen and oxygen atoms in total. The molecule has 1 aliphatic heterocycles. The first-order valence-corrected chi connectivity index (χ1v) is 7.75. The van der Waals surface area contributed by atoms with E-state index in [1.807, 2.05) is 31.2 Å². The molecule has 2 atom stereocenters. The van der Waals surface area contributed by atoms with Crippen LogP contribution >= 0.6 is 11.6 Å². The summed E-state index contributed by atoms with van der Waals surface area (Å²) >= 11 is 6.00. The van der Waals surface area contributed by atoms with E-state index >= 15 is 0 Å². The summed E-state index contributed by atoms with van der Waals surface area (Å²) in [6.07, 6.45) is 3.33. The van der Waals surface area contributed by atoms with Crippen LogP contribution in [0.3, 0.4) is 0 Å². The number of nitrogens with one attached hydrogen (secondary N) is 2. The number of halogens is 1. The smallest absolute Gasteiger partial charge is 0.224 e. The molecule has 2 fully saturated rings. The van der Waals surface area contributed by atoms with E-state index in [0.717, 1.165) is 37.9 Å². The van der Waals surface area contributed by atoms with E-state index in [4.69, 9.17) is 11.6 Å². The fourth-order valence-electron chi connectivity index (χ4n) is 3.37. The van der Waals surface area contributed by atoms with Crippen molar-refractivity contribution in [3.8, 4) is 0 Å². The average Bonchev–Trinajstić information content (AvgIpc) is 3.13. The molecule has 1 heterocycles. The molecular formula is C16H21ClN2O. The maximum absolute atomic E-state index is 12.4. The third-order valence-electron chi connectivity index (χ3n) is 4.81. The summed E-state index contributed by atoms with van der Waals surface area (Å²) in [6.45, 7) is 4.11. The molecule has 0 bridgehead atoms. The molecule has 0 aromatic heterocycles. The lowest BCUT2D eigenvalue weighted by atomic mass is 9.91. The number of carbonyl (C=O) groups excluding carboxylic acids is 1. The average molecular weight is 293 g/mol. The second kappa shape index (κ2) is 5.38. The van der Waals surface area contributed by atoms with Crippen molar-refractivity contribution in [2.45, 2.75) is 32.2 Å². The zero-order valence-electron chi connectivity index (χ0n) is 11.8. The Labute approximate surface area is 125 Å². The fraction of sp³-hybridized carbons (Fsp3) is 0.562. The van der Waals surface area contributed by atoms with E-state index in [2.05, 4.69) is 10.6 Å². The van der Waals surface area contributed by atoms with Crippen molar-refractivity contribution in [3.63, 3.8) is 0 Å². The van der Waals surface area contributed by atoms with E-state index in [1.54, 1.807) is 0 Å². The van der Waals surface area contributed by atoms with Crippen LogP contribution in [0.15, 0.2) is 24.3 Å². The van der Waals surface area contributed by atoms with Crippen LogP contribution in [0, 0.1) is 11.3 Å². The second-order valence-corrected chi connectivity index (χ2v) is 6.59. The zero-order valence-corrected chi connectivity index (χ0v) is 12.5. The highest BCUT2D eigenvalue weighted by molar-refractivity contribution is 6.30. The maximum Gasteiger partial charge on any atom is 0.224 e. The summed E-state index contributed by atoms with van der Waals surface area (Å²) in [5, 5.41) is 7.22. The number of piperidine rings is 1. The number of carbonyl (C=O) groups is 1.